The maximum atomic E-state index is 11.9. The molecule has 0 bridgehead atoms. The number of sulfonamides is 1. The van der Waals surface area contributed by atoms with Crippen LogP contribution in [-0.4, -0.2) is 56.6 Å². The molecule has 2 N–H and O–H groups in total. The highest BCUT2D eigenvalue weighted by Crippen LogP contribution is 2.14. The average molecular weight is 291 g/mol. The third kappa shape index (κ3) is 5.46. The normalized spacial score (nSPS) is 18.4. The summed E-state index contributed by atoms with van der Waals surface area (Å²) in [6.07, 6.45) is 2.03. The van der Waals surface area contributed by atoms with Gasteiger partial charge in [0.15, 0.2) is 0 Å². The second kappa shape index (κ2) is 7.81. The Balaban J connectivity index is 2.35. The van der Waals surface area contributed by atoms with Crippen molar-refractivity contribution in [1.29, 1.82) is 0 Å². The lowest BCUT2D eigenvalue weighted by Gasteiger charge is -2.31. The SMILES string of the molecule is CCCS(=O)(=O)N1CCC(NC(=O)CNCC)CC1. The first kappa shape index (κ1) is 16.4. The molecule has 0 spiro atoms. The zero-order valence-electron chi connectivity index (χ0n) is 11.8. The molecular weight excluding hydrogens is 266 g/mol. The Morgan fingerprint density at radius 1 is 1.26 bits per heavy atom. The van der Waals surface area contributed by atoms with Gasteiger partial charge in [0, 0.05) is 19.1 Å². The minimum atomic E-state index is -3.09. The molecule has 112 valence electrons. The highest BCUT2D eigenvalue weighted by Gasteiger charge is 2.27. The van der Waals surface area contributed by atoms with Crippen LogP contribution in [0, 0.1) is 0 Å². The van der Waals surface area contributed by atoms with E-state index in [0.29, 0.717) is 38.9 Å². The van der Waals surface area contributed by atoms with Crippen molar-refractivity contribution in [1.82, 2.24) is 14.9 Å². The highest BCUT2D eigenvalue weighted by atomic mass is 32.2. The fourth-order valence-corrected chi connectivity index (χ4v) is 3.72. The van der Waals surface area contributed by atoms with Crippen molar-refractivity contribution in [2.75, 3.05) is 31.9 Å². The molecule has 1 aliphatic rings. The summed E-state index contributed by atoms with van der Waals surface area (Å²) in [6.45, 7) is 5.92. The summed E-state index contributed by atoms with van der Waals surface area (Å²) in [4.78, 5) is 11.5. The topological polar surface area (TPSA) is 78.5 Å². The number of rotatable bonds is 7. The number of carbonyl (C=O) groups is 1. The molecule has 1 rings (SSSR count). The average Bonchev–Trinajstić information content (AvgIpc) is 2.37. The van der Waals surface area contributed by atoms with Crippen LogP contribution in [0.2, 0.25) is 0 Å². The standard InChI is InChI=1S/C12H25N3O3S/c1-3-9-19(17,18)15-7-5-11(6-8-15)14-12(16)10-13-4-2/h11,13H,3-10H2,1-2H3,(H,14,16). The summed E-state index contributed by atoms with van der Waals surface area (Å²) < 4.78 is 25.3. The van der Waals surface area contributed by atoms with Crippen molar-refractivity contribution < 1.29 is 13.2 Å². The third-order valence-corrected chi connectivity index (χ3v) is 5.29. The molecule has 0 aliphatic carbocycles. The molecule has 1 fully saturated rings. The molecule has 0 unspecified atom stereocenters. The largest absolute Gasteiger partial charge is 0.352 e. The Hall–Kier alpha value is -0.660. The van der Waals surface area contributed by atoms with Gasteiger partial charge in [-0.25, -0.2) is 12.7 Å². The van der Waals surface area contributed by atoms with Crippen LogP contribution in [0.15, 0.2) is 0 Å². The van der Waals surface area contributed by atoms with Gasteiger partial charge in [0.25, 0.3) is 0 Å². The lowest BCUT2D eigenvalue weighted by atomic mass is 10.1. The number of hydrogen-bond acceptors (Lipinski definition) is 4. The molecule has 1 heterocycles. The van der Waals surface area contributed by atoms with Crippen molar-refractivity contribution in [2.24, 2.45) is 0 Å². The summed E-state index contributed by atoms with van der Waals surface area (Å²) in [7, 11) is -3.09. The van der Waals surface area contributed by atoms with Gasteiger partial charge in [-0.15, -0.1) is 0 Å². The molecule has 0 atom stereocenters. The molecule has 1 aliphatic heterocycles. The number of nitrogens with one attached hydrogen (secondary N) is 2. The summed E-state index contributed by atoms with van der Waals surface area (Å²) >= 11 is 0. The van der Waals surface area contributed by atoms with Gasteiger partial charge in [-0.3, -0.25) is 4.79 Å². The van der Waals surface area contributed by atoms with Gasteiger partial charge in [0.2, 0.25) is 15.9 Å². The van der Waals surface area contributed by atoms with Crippen LogP contribution in [0.25, 0.3) is 0 Å². The van der Waals surface area contributed by atoms with Gasteiger partial charge in [-0.1, -0.05) is 13.8 Å². The first-order valence-corrected chi connectivity index (χ1v) is 8.58. The molecule has 7 heteroatoms. The second-order valence-corrected chi connectivity index (χ2v) is 6.93. The van der Waals surface area contributed by atoms with Crippen molar-refractivity contribution in [2.45, 2.75) is 39.2 Å². The molecule has 1 amide bonds. The van der Waals surface area contributed by atoms with E-state index in [4.69, 9.17) is 0 Å². The van der Waals surface area contributed by atoms with E-state index >= 15 is 0 Å². The number of hydrogen-bond donors (Lipinski definition) is 2. The maximum Gasteiger partial charge on any atom is 0.234 e. The molecule has 0 aromatic carbocycles. The van der Waals surface area contributed by atoms with Crippen LogP contribution in [0.3, 0.4) is 0 Å². The van der Waals surface area contributed by atoms with E-state index < -0.39 is 10.0 Å². The summed E-state index contributed by atoms with van der Waals surface area (Å²) in [5.41, 5.74) is 0. The minimum absolute atomic E-state index is 0.0169. The van der Waals surface area contributed by atoms with E-state index in [1.165, 1.54) is 0 Å². The number of carbonyl (C=O) groups excluding carboxylic acids is 1. The van der Waals surface area contributed by atoms with Gasteiger partial charge >= 0.3 is 0 Å². The van der Waals surface area contributed by atoms with Gasteiger partial charge in [0.1, 0.15) is 0 Å². The van der Waals surface area contributed by atoms with Crippen molar-refractivity contribution in [3.8, 4) is 0 Å². The van der Waals surface area contributed by atoms with Crippen LogP contribution < -0.4 is 10.6 Å². The second-order valence-electron chi connectivity index (χ2n) is 4.84. The van der Waals surface area contributed by atoms with Gasteiger partial charge in [-0.2, -0.15) is 0 Å². The quantitative estimate of drug-likeness (QED) is 0.687. The highest BCUT2D eigenvalue weighted by molar-refractivity contribution is 7.89. The lowest BCUT2D eigenvalue weighted by Crippen LogP contribution is -2.48. The van der Waals surface area contributed by atoms with Crippen LogP contribution in [0.1, 0.15) is 33.1 Å². The predicted molar refractivity (Wildman–Crippen MR) is 75.4 cm³/mol. The fraction of sp³-hybridized carbons (Fsp3) is 0.917. The Labute approximate surface area is 116 Å². The smallest absolute Gasteiger partial charge is 0.234 e. The van der Waals surface area contributed by atoms with Crippen molar-refractivity contribution in [3.63, 3.8) is 0 Å². The molecular formula is C12H25N3O3S. The van der Waals surface area contributed by atoms with Crippen molar-refractivity contribution in [3.05, 3.63) is 0 Å². The van der Waals surface area contributed by atoms with Gasteiger partial charge < -0.3 is 10.6 Å². The maximum absolute atomic E-state index is 11.9. The Bertz CT molecular complexity index is 376. The summed E-state index contributed by atoms with van der Waals surface area (Å²) in [5.74, 6) is 0.196. The van der Waals surface area contributed by atoms with Crippen LogP contribution in [0.4, 0.5) is 0 Å². The molecule has 19 heavy (non-hydrogen) atoms. The van der Waals surface area contributed by atoms with E-state index in [2.05, 4.69) is 10.6 Å². The van der Waals surface area contributed by atoms with Crippen LogP contribution in [-0.2, 0) is 14.8 Å². The zero-order chi connectivity index (χ0) is 14.3. The Morgan fingerprint density at radius 2 is 1.89 bits per heavy atom. The zero-order valence-corrected chi connectivity index (χ0v) is 12.6. The monoisotopic (exact) mass is 291 g/mol. The third-order valence-electron chi connectivity index (χ3n) is 3.21. The minimum Gasteiger partial charge on any atom is -0.352 e. The lowest BCUT2D eigenvalue weighted by molar-refractivity contribution is -0.121. The Morgan fingerprint density at radius 3 is 2.42 bits per heavy atom. The summed E-state index contributed by atoms with van der Waals surface area (Å²) in [6, 6.07) is 0.0965. The molecule has 0 aromatic heterocycles. The summed E-state index contributed by atoms with van der Waals surface area (Å²) in [5, 5.41) is 5.90. The predicted octanol–water partition coefficient (Wildman–Crippen LogP) is -0.0837. The molecule has 6 nitrogen and oxygen atoms in total. The van der Waals surface area contributed by atoms with E-state index in [9.17, 15) is 13.2 Å². The van der Waals surface area contributed by atoms with Crippen LogP contribution in [0.5, 0.6) is 0 Å². The fourth-order valence-electron chi connectivity index (χ4n) is 2.18. The molecule has 0 aromatic rings. The van der Waals surface area contributed by atoms with E-state index in [-0.39, 0.29) is 17.7 Å². The number of likely N-dealkylation sites (N-methyl/N-ethyl adjacent to an activating group) is 1. The molecule has 1 saturated heterocycles. The van der Waals surface area contributed by atoms with E-state index in [1.807, 2.05) is 13.8 Å². The van der Waals surface area contributed by atoms with E-state index in [1.54, 1.807) is 4.31 Å². The molecule has 0 saturated carbocycles. The van der Waals surface area contributed by atoms with Crippen LogP contribution >= 0.6 is 0 Å². The van der Waals surface area contributed by atoms with Gasteiger partial charge in [-0.05, 0) is 25.8 Å². The number of nitrogens with zero attached hydrogens (tertiary/aromatic N) is 1. The Kier molecular flexibility index (Phi) is 6.74. The van der Waals surface area contributed by atoms with E-state index in [0.717, 1.165) is 6.54 Å². The first-order valence-electron chi connectivity index (χ1n) is 6.97. The number of amides is 1. The van der Waals surface area contributed by atoms with Gasteiger partial charge in [0.05, 0.1) is 12.3 Å². The van der Waals surface area contributed by atoms with Crippen molar-refractivity contribution >= 4 is 15.9 Å². The first-order chi connectivity index (χ1) is 8.99. The number of piperidine rings is 1. The molecule has 0 radical (unpaired) electrons.